The van der Waals surface area contributed by atoms with E-state index in [4.69, 9.17) is 9.47 Å². The van der Waals surface area contributed by atoms with Crippen molar-refractivity contribution in [2.24, 2.45) is 5.92 Å². The molecule has 0 atom stereocenters. The number of hydrogen-bond donors (Lipinski definition) is 1. The number of nitrogens with zero attached hydrogens (tertiary/aromatic N) is 1. The molecule has 0 fully saturated rings. The summed E-state index contributed by atoms with van der Waals surface area (Å²) in [5, 5.41) is 2.81. The minimum absolute atomic E-state index is 0.0225. The first-order chi connectivity index (χ1) is 10.5. The van der Waals surface area contributed by atoms with Crippen molar-refractivity contribution in [1.29, 1.82) is 0 Å². The fourth-order valence-corrected chi connectivity index (χ4v) is 2.16. The number of hydrogen-bond acceptors (Lipinski definition) is 4. The van der Waals surface area contributed by atoms with Crippen LogP contribution < -0.4 is 19.7 Å². The van der Waals surface area contributed by atoms with Gasteiger partial charge in [-0.2, -0.15) is 0 Å². The highest BCUT2D eigenvalue weighted by atomic mass is 16.6. The van der Waals surface area contributed by atoms with Crippen molar-refractivity contribution in [2.45, 2.75) is 20.8 Å². The molecular weight excluding hydrogens is 284 g/mol. The third-order valence-corrected chi connectivity index (χ3v) is 3.38. The molecule has 1 N–H and O–H groups in total. The number of ether oxygens (including phenoxy) is 2. The van der Waals surface area contributed by atoms with E-state index in [9.17, 15) is 9.59 Å². The summed E-state index contributed by atoms with van der Waals surface area (Å²) in [6.07, 6.45) is 0. The van der Waals surface area contributed by atoms with Crippen LogP contribution in [0.1, 0.15) is 20.8 Å². The van der Waals surface area contributed by atoms with Crippen molar-refractivity contribution in [2.75, 3.05) is 31.2 Å². The Morgan fingerprint density at radius 3 is 2.55 bits per heavy atom. The highest BCUT2D eigenvalue weighted by Gasteiger charge is 2.17. The Morgan fingerprint density at radius 1 is 1.23 bits per heavy atom. The number of rotatable bonds is 5. The van der Waals surface area contributed by atoms with E-state index >= 15 is 0 Å². The lowest BCUT2D eigenvalue weighted by atomic mass is 10.2. The van der Waals surface area contributed by atoms with Crippen LogP contribution in [0.15, 0.2) is 18.2 Å². The molecule has 0 aliphatic carbocycles. The van der Waals surface area contributed by atoms with Crippen LogP contribution in [0.4, 0.5) is 5.69 Å². The number of benzene rings is 1. The molecule has 6 nitrogen and oxygen atoms in total. The summed E-state index contributed by atoms with van der Waals surface area (Å²) in [7, 11) is 0. The molecule has 1 aromatic rings. The third-order valence-electron chi connectivity index (χ3n) is 3.38. The van der Waals surface area contributed by atoms with Crippen molar-refractivity contribution >= 4 is 17.5 Å². The van der Waals surface area contributed by atoms with E-state index in [0.29, 0.717) is 37.8 Å². The minimum Gasteiger partial charge on any atom is -0.486 e. The lowest BCUT2D eigenvalue weighted by molar-refractivity contribution is -0.124. The number of carbonyl (C=O) groups is 2. The Balaban J connectivity index is 2.05. The van der Waals surface area contributed by atoms with Gasteiger partial charge in [0.25, 0.3) is 0 Å². The van der Waals surface area contributed by atoms with E-state index in [2.05, 4.69) is 5.32 Å². The SMILES string of the molecule is CC(=O)N(CCNC(=O)C(C)C)c1ccc2c(c1)OCCO2. The monoisotopic (exact) mass is 306 g/mol. The molecule has 1 aliphatic rings. The second kappa shape index (κ2) is 7.15. The maximum absolute atomic E-state index is 11.9. The third kappa shape index (κ3) is 3.90. The van der Waals surface area contributed by atoms with E-state index in [1.54, 1.807) is 17.0 Å². The van der Waals surface area contributed by atoms with Gasteiger partial charge in [-0.05, 0) is 12.1 Å². The van der Waals surface area contributed by atoms with Crippen LogP contribution in [0.5, 0.6) is 11.5 Å². The molecule has 22 heavy (non-hydrogen) atoms. The molecule has 0 saturated heterocycles. The van der Waals surface area contributed by atoms with Crippen LogP contribution >= 0.6 is 0 Å². The van der Waals surface area contributed by atoms with Crippen molar-refractivity contribution in [3.8, 4) is 11.5 Å². The molecule has 0 radical (unpaired) electrons. The molecule has 0 spiro atoms. The number of fused-ring (bicyclic) bond motifs is 1. The Kier molecular flexibility index (Phi) is 5.25. The fraction of sp³-hybridized carbons (Fsp3) is 0.500. The summed E-state index contributed by atoms with van der Waals surface area (Å²) in [6, 6.07) is 5.41. The van der Waals surface area contributed by atoms with Crippen LogP contribution in [0.25, 0.3) is 0 Å². The maximum Gasteiger partial charge on any atom is 0.223 e. The predicted octanol–water partition coefficient (Wildman–Crippen LogP) is 1.58. The molecule has 1 aliphatic heterocycles. The van der Waals surface area contributed by atoms with Crippen LogP contribution in [-0.4, -0.2) is 38.1 Å². The topological polar surface area (TPSA) is 67.9 Å². The molecule has 0 saturated carbocycles. The first kappa shape index (κ1) is 16.1. The molecule has 120 valence electrons. The van der Waals surface area contributed by atoms with Gasteiger partial charge in [-0.15, -0.1) is 0 Å². The predicted molar refractivity (Wildman–Crippen MR) is 83.3 cm³/mol. The molecule has 2 rings (SSSR count). The summed E-state index contributed by atoms with van der Waals surface area (Å²) < 4.78 is 11.0. The van der Waals surface area contributed by atoms with Gasteiger partial charge in [-0.25, -0.2) is 0 Å². The van der Waals surface area contributed by atoms with Gasteiger partial charge in [-0.3, -0.25) is 9.59 Å². The molecule has 1 aromatic carbocycles. The van der Waals surface area contributed by atoms with E-state index in [1.165, 1.54) is 6.92 Å². The highest BCUT2D eigenvalue weighted by Crippen LogP contribution is 2.33. The summed E-state index contributed by atoms with van der Waals surface area (Å²) in [6.45, 7) is 7.02. The fourth-order valence-electron chi connectivity index (χ4n) is 2.16. The number of amides is 2. The van der Waals surface area contributed by atoms with Gasteiger partial charge in [-0.1, -0.05) is 13.8 Å². The Labute approximate surface area is 130 Å². The number of carbonyl (C=O) groups excluding carboxylic acids is 2. The average molecular weight is 306 g/mol. The number of anilines is 1. The zero-order chi connectivity index (χ0) is 16.1. The summed E-state index contributed by atoms with van der Waals surface area (Å²) >= 11 is 0. The minimum atomic E-state index is -0.0875. The van der Waals surface area contributed by atoms with Gasteiger partial charge in [0.2, 0.25) is 11.8 Å². The van der Waals surface area contributed by atoms with Gasteiger partial charge < -0.3 is 19.7 Å². The van der Waals surface area contributed by atoms with Crippen molar-refractivity contribution in [3.05, 3.63) is 18.2 Å². The molecule has 0 unspecified atom stereocenters. The molecule has 2 amide bonds. The molecule has 1 heterocycles. The largest absolute Gasteiger partial charge is 0.486 e. The molecule has 0 bridgehead atoms. The normalized spacial score (nSPS) is 12.9. The average Bonchev–Trinajstić information content (AvgIpc) is 2.50. The van der Waals surface area contributed by atoms with Crippen LogP contribution in [0.2, 0.25) is 0 Å². The molecule has 6 heteroatoms. The van der Waals surface area contributed by atoms with E-state index < -0.39 is 0 Å². The lowest BCUT2D eigenvalue weighted by Gasteiger charge is -2.24. The Hall–Kier alpha value is -2.24. The van der Waals surface area contributed by atoms with Crippen LogP contribution in [-0.2, 0) is 9.59 Å². The van der Waals surface area contributed by atoms with Gasteiger partial charge in [0.15, 0.2) is 11.5 Å². The number of nitrogens with one attached hydrogen (secondary N) is 1. The van der Waals surface area contributed by atoms with Crippen molar-refractivity contribution in [1.82, 2.24) is 5.32 Å². The second-order valence-corrected chi connectivity index (χ2v) is 5.44. The Bertz CT molecular complexity index is 557. The smallest absolute Gasteiger partial charge is 0.223 e. The van der Waals surface area contributed by atoms with E-state index in [0.717, 1.165) is 5.69 Å². The van der Waals surface area contributed by atoms with Gasteiger partial charge >= 0.3 is 0 Å². The van der Waals surface area contributed by atoms with E-state index in [1.807, 2.05) is 19.9 Å². The second-order valence-electron chi connectivity index (χ2n) is 5.44. The van der Waals surface area contributed by atoms with Gasteiger partial charge in [0.05, 0.1) is 0 Å². The van der Waals surface area contributed by atoms with E-state index in [-0.39, 0.29) is 17.7 Å². The van der Waals surface area contributed by atoms with Crippen molar-refractivity contribution < 1.29 is 19.1 Å². The molecular formula is C16H22N2O4. The van der Waals surface area contributed by atoms with Gasteiger partial charge in [0, 0.05) is 37.7 Å². The van der Waals surface area contributed by atoms with Crippen LogP contribution in [0, 0.1) is 5.92 Å². The first-order valence-electron chi connectivity index (χ1n) is 7.44. The van der Waals surface area contributed by atoms with Crippen LogP contribution in [0.3, 0.4) is 0 Å². The Morgan fingerprint density at radius 2 is 1.91 bits per heavy atom. The quantitative estimate of drug-likeness (QED) is 0.897. The lowest BCUT2D eigenvalue weighted by Crippen LogP contribution is -2.38. The molecule has 0 aromatic heterocycles. The zero-order valence-electron chi connectivity index (χ0n) is 13.2. The standard InChI is InChI=1S/C16H22N2O4/c1-11(2)16(20)17-6-7-18(12(3)19)13-4-5-14-15(10-13)22-9-8-21-14/h4-5,10-11H,6-9H2,1-3H3,(H,17,20). The summed E-state index contributed by atoms with van der Waals surface area (Å²) in [4.78, 5) is 25.0. The van der Waals surface area contributed by atoms with Crippen molar-refractivity contribution in [3.63, 3.8) is 0 Å². The summed E-state index contributed by atoms with van der Waals surface area (Å²) in [5.74, 6) is 1.15. The zero-order valence-corrected chi connectivity index (χ0v) is 13.2. The maximum atomic E-state index is 11.9. The summed E-state index contributed by atoms with van der Waals surface area (Å²) in [5.41, 5.74) is 0.732. The highest BCUT2D eigenvalue weighted by molar-refractivity contribution is 5.92. The first-order valence-corrected chi connectivity index (χ1v) is 7.44. The van der Waals surface area contributed by atoms with Gasteiger partial charge in [0.1, 0.15) is 13.2 Å².